The van der Waals surface area contributed by atoms with E-state index in [-0.39, 0.29) is 46.6 Å². The van der Waals surface area contributed by atoms with Gasteiger partial charge in [0.25, 0.3) is 15.9 Å². The Balaban J connectivity index is 1.69. The van der Waals surface area contributed by atoms with Crippen molar-refractivity contribution < 1.29 is 23.1 Å². The van der Waals surface area contributed by atoms with Gasteiger partial charge in [0.05, 0.1) is 23.2 Å². The number of carbonyl (C=O) groups is 1. The number of ether oxygens (including phenoxy) is 1. The number of hydrogen-bond acceptors (Lipinski definition) is 8. The fourth-order valence-corrected chi connectivity index (χ4v) is 6.25. The maximum Gasteiger partial charge on any atom is 0.264 e. The summed E-state index contributed by atoms with van der Waals surface area (Å²) < 4.78 is 35.8. The van der Waals surface area contributed by atoms with E-state index in [1.807, 2.05) is 32.0 Å². The minimum Gasteiger partial charge on any atom is -0.506 e. The predicted octanol–water partition coefficient (Wildman–Crippen LogP) is 5.50. The van der Waals surface area contributed by atoms with Crippen LogP contribution in [0.5, 0.6) is 11.6 Å². The predicted molar refractivity (Wildman–Crippen MR) is 163 cm³/mol. The highest BCUT2D eigenvalue weighted by Crippen LogP contribution is 2.32. The van der Waals surface area contributed by atoms with Gasteiger partial charge in [0, 0.05) is 23.4 Å². The van der Waals surface area contributed by atoms with Gasteiger partial charge in [0.1, 0.15) is 18.1 Å². The monoisotopic (exact) mass is 601 g/mol. The third-order valence-electron chi connectivity index (χ3n) is 7.22. The van der Waals surface area contributed by atoms with Gasteiger partial charge in [-0.1, -0.05) is 45.0 Å². The third-order valence-corrected chi connectivity index (χ3v) is 8.54. The second-order valence-electron chi connectivity index (χ2n) is 11.9. The molecule has 2 aromatic carbocycles. The van der Waals surface area contributed by atoms with Crippen molar-refractivity contribution in [3.63, 3.8) is 0 Å². The summed E-state index contributed by atoms with van der Waals surface area (Å²) >= 11 is 0. The fraction of sp³-hybridized carbons (Fsp3) is 0.312. The maximum atomic E-state index is 14.2. The van der Waals surface area contributed by atoms with Gasteiger partial charge in [-0.3, -0.25) is 9.78 Å². The molecule has 0 fully saturated rings. The van der Waals surface area contributed by atoms with Crippen molar-refractivity contribution in [3.05, 3.63) is 89.2 Å². The molecule has 2 aromatic heterocycles. The van der Waals surface area contributed by atoms with E-state index in [1.165, 1.54) is 24.3 Å². The van der Waals surface area contributed by atoms with Gasteiger partial charge in [-0.05, 0) is 67.1 Å². The number of pyridine rings is 1. The summed E-state index contributed by atoms with van der Waals surface area (Å²) in [6.07, 6.45) is 2.08. The van der Waals surface area contributed by atoms with Crippen molar-refractivity contribution in [2.24, 2.45) is 5.41 Å². The van der Waals surface area contributed by atoms with Gasteiger partial charge in [0.15, 0.2) is 0 Å². The zero-order valence-corrected chi connectivity index (χ0v) is 25.6. The number of rotatable bonds is 4. The number of nitrogens with one attached hydrogen (secondary N) is 1. The first-order valence-electron chi connectivity index (χ1n) is 14.0. The SMILES string of the molecule is Cc1cccc(C)c1-c1cc2nc(n1)NS(=O)(=O)c1cccc(c1)C(=O)N(Cc1ncccc1O)[C@H](CC(C)(C)C)CO2. The first-order chi connectivity index (χ1) is 20.3. The van der Waals surface area contributed by atoms with Crippen molar-refractivity contribution >= 4 is 21.9 Å². The normalized spacial score (nSPS) is 16.7. The fourth-order valence-electron chi connectivity index (χ4n) is 5.26. The van der Waals surface area contributed by atoms with Crippen LogP contribution in [0, 0.1) is 19.3 Å². The van der Waals surface area contributed by atoms with Crippen molar-refractivity contribution in [3.8, 4) is 22.9 Å². The minimum absolute atomic E-state index is 0.0203. The summed E-state index contributed by atoms with van der Waals surface area (Å²) in [4.78, 5) is 28.9. The smallest absolute Gasteiger partial charge is 0.264 e. The minimum atomic E-state index is -4.18. The summed E-state index contributed by atoms with van der Waals surface area (Å²) in [5.41, 5.74) is 3.52. The lowest BCUT2D eigenvalue weighted by molar-refractivity contribution is 0.0507. The molecule has 10 nitrogen and oxygen atoms in total. The molecule has 3 heterocycles. The quantitative estimate of drug-likeness (QED) is 0.313. The molecule has 0 saturated carbocycles. The summed E-state index contributed by atoms with van der Waals surface area (Å²) in [5.74, 6) is -0.460. The van der Waals surface area contributed by atoms with Crippen molar-refractivity contribution in [1.29, 1.82) is 0 Å². The number of anilines is 1. The number of aryl methyl sites for hydroxylation is 2. The van der Waals surface area contributed by atoms with Crippen molar-refractivity contribution in [2.75, 3.05) is 11.3 Å². The van der Waals surface area contributed by atoms with Crippen LogP contribution in [-0.2, 0) is 16.6 Å². The zero-order chi connectivity index (χ0) is 30.9. The molecule has 1 aliphatic heterocycles. The van der Waals surface area contributed by atoms with E-state index >= 15 is 0 Å². The highest BCUT2D eigenvalue weighted by molar-refractivity contribution is 7.92. The second-order valence-corrected chi connectivity index (χ2v) is 13.6. The van der Waals surface area contributed by atoms with Gasteiger partial charge in [0.2, 0.25) is 11.8 Å². The van der Waals surface area contributed by atoms with E-state index in [1.54, 1.807) is 29.3 Å². The molecular weight excluding hydrogens is 566 g/mol. The molecule has 0 spiro atoms. The lowest BCUT2D eigenvalue weighted by Gasteiger charge is -2.35. The topological polar surface area (TPSA) is 135 Å². The van der Waals surface area contributed by atoms with E-state index in [0.717, 1.165) is 16.7 Å². The van der Waals surface area contributed by atoms with Gasteiger partial charge >= 0.3 is 0 Å². The first kappa shape index (κ1) is 30.0. The average Bonchev–Trinajstić information content (AvgIpc) is 2.93. The van der Waals surface area contributed by atoms with Gasteiger partial charge < -0.3 is 14.7 Å². The Morgan fingerprint density at radius 3 is 2.44 bits per heavy atom. The number of hydrogen-bond donors (Lipinski definition) is 2. The number of aromatic hydroxyl groups is 1. The Kier molecular flexibility index (Phi) is 8.11. The number of fused-ring (bicyclic) bond motifs is 4. The molecule has 0 radical (unpaired) electrons. The van der Waals surface area contributed by atoms with Crippen molar-refractivity contribution in [2.45, 2.75) is 58.5 Å². The molecule has 4 bridgehead atoms. The average molecular weight is 602 g/mol. The Labute approximate surface area is 251 Å². The van der Waals surface area contributed by atoms with Crippen LogP contribution < -0.4 is 9.46 Å². The molecule has 1 amide bonds. The molecule has 43 heavy (non-hydrogen) atoms. The van der Waals surface area contributed by atoms with Crippen LogP contribution in [0.4, 0.5) is 5.95 Å². The summed E-state index contributed by atoms with van der Waals surface area (Å²) in [5, 5.41) is 10.5. The molecule has 0 aliphatic carbocycles. The van der Waals surface area contributed by atoms with E-state index in [9.17, 15) is 18.3 Å². The van der Waals surface area contributed by atoms with Gasteiger partial charge in [-0.2, -0.15) is 4.98 Å². The molecule has 1 aliphatic rings. The van der Waals surface area contributed by atoms with E-state index in [4.69, 9.17) is 4.74 Å². The van der Waals surface area contributed by atoms with Crippen LogP contribution in [0.3, 0.4) is 0 Å². The lowest BCUT2D eigenvalue weighted by atomic mass is 9.87. The van der Waals surface area contributed by atoms with Crippen LogP contribution in [0.15, 0.2) is 71.8 Å². The number of carbonyl (C=O) groups excluding carboxylic acids is 1. The Morgan fingerprint density at radius 2 is 1.74 bits per heavy atom. The standard InChI is InChI=1S/C32H35N5O5S/c1-20-9-6-10-21(2)29(20)25-16-28-35-31(34-25)36-43(40,41)24-12-7-11-22(15-24)30(39)37(18-26-27(38)13-8-14-33-26)23(19-42-28)17-32(3,4)5/h6-16,23,38H,17-19H2,1-5H3,(H,34,35,36)/t23-/m1/s1. The third kappa shape index (κ3) is 6.77. The molecule has 224 valence electrons. The molecule has 1 atom stereocenters. The Morgan fingerprint density at radius 1 is 1.02 bits per heavy atom. The van der Waals surface area contributed by atoms with Crippen LogP contribution in [0.25, 0.3) is 11.3 Å². The number of benzene rings is 2. The number of sulfonamides is 1. The lowest BCUT2D eigenvalue weighted by Crippen LogP contribution is -2.45. The second kappa shape index (κ2) is 11.6. The van der Waals surface area contributed by atoms with Gasteiger partial charge in [-0.25, -0.2) is 18.1 Å². The number of aromatic nitrogens is 3. The molecule has 0 saturated heterocycles. The van der Waals surface area contributed by atoms with E-state index < -0.39 is 22.0 Å². The van der Waals surface area contributed by atoms with Crippen LogP contribution >= 0.6 is 0 Å². The van der Waals surface area contributed by atoms with Crippen LogP contribution in [-0.4, -0.2) is 51.9 Å². The van der Waals surface area contributed by atoms with E-state index in [0.29, 0.717) is 17.8 Å². The van der Waals surface area contributed by atoms with Gasteiger partial charge in [-0.15, -0.1) is 0 Å². The molecule has 5 rings (SSSR count). The highest BCUT2D eigenvalue weighted by atomic mass is 32.2. The molecule has 4 aromatic rings. The summed E-state index contributed by atoms with van der Waals surface area (Å²) in [7, 11) is -4.18. The maximum absolute atomic E-state index is 14.2. The molecule has 2 N–H and O–H groups in total. The summed E-state index contributed by atoms with van der Waals surface area (Å²) in [6.45, 7) is 10.1. The molecule has 0 unspecified atom stereocenters. The number of amides is 1. The first-order valence-corrected chi connectivity index (χ1v) is 15.4. The number of nitrogens with zero attached hydrogens (tertiary/aromatic N) is 4. The summed E-state index contributed by atoms with van der Waals surface area (Å²) in [6, 6.07) is 16.0. The Bertz CT molecular complexity index is 1770. The Hall–Kier alpha value is -4.51. The zero-order valence-electron chi connectivity index (χ0n) is 24.8. The van der Waals surface area contributed by atoms with E-state index in [2.05, 4.69) is 40.4 Å². The van der Waals surface area contributed by atoms with Crippen LogP contribution in [0.2, 0.25) is 0 Å². The van der Waals surface area contributed by atoms with Crippen LogP contribution in [0.1, 0.15) is 54.4 Å². The molecular formula is C32H35N5O5S. The highest BCUT2D eigenvalue weighted by Gasteiger charge is 2.32. The molecule has 11 heteroatoms. The largest absolute Gasteiger partial charge is 0.506 e. The van der Waals surface area contributed by atoms with Crippen molar-refractivity contribution in [1.82, 2.24) is 19.9 Å².